The average Bonchev–Trinajstić information content (AvgIpc) is 3.10. The highest BCUT2D eigenvalue weighted by Gasteiger charge is 2.14. The van der Waals surface area contributed by atoms with Gasteiger partial charge in [0.1, 0.15) is 0 Å². The minimum atomic E-state index is 0.618. The molecule has 1 aromatic carbocycles. The van der Waals surface area contributed by atoms with Crippen molar-refractivity contribution in [2.45, 2.75) is 32.9 Å². The van der Waals surface area contributed by atoms with E-state index in [1.54, 1.807) is 0 Å². The third-order valence-corrected chi connectivity index (χ3v) is 4.84. The lowest BCUT2D eigenvalue weighted by atomic mass is 10.1. The first kappa shape index (κ1) is 13.4. The van der Waals surface area contributed by atoms with Crippen LogP contribution in [0.4, 0.5) is 0 Å². The number of rotatable bonds is 5. The van der Waals surface area contributed by atoms with Crippen molar-refractivity contribution in [2.75, 3.05) is 0 Å². The van der Waals surface area contributed by atoms with Gasteiger partial charge in [-0.1, -0.05) is 24.3 Å². The van der Waals surface area contributed by atoms with Gasteiger partial charge in [-0.15, -0.1) is 11.3 Å². The summed E-state index contributed by atoms with van der Waals surface area (Å²) in [4.78, 5) is 1.45. The summed E-state index contributed by atoms with van der Waals surface area (Å²) < 4.78 is 2.42. The molecule has 0 radical (unpaired) electrons. The Morgan fingerprint density at radius 2 is 1.95 bits per heavy atom. The first-order valence-electron chi connectivity index (χ1n) is 7.16. The smallest absolute Gasteiger partial charge is 0.0485 e. The molecule has 0 amide bonds. The molecule has 0 aliphatic rings. The summed E-state index contributed by atoms with van der Waals surface area (Å²) in [5, 5.41) is 3.46. The van der Waals surface area contributed by atoms with Crippen molar-refractivity contribution in [1.82, 2.24) is 4.57 Å². The quantitative estimate of drug-likeness (QED) is 0.755. The molecule has 0 bridgehead atoms. The van der Waals surface area contributed by atoms with E-state index < -0.39 is 0 Å². The lowest BCUT2D eigenvalue weighted by molar-refractivity contribution is 0.721. The van der Waals surface area contributed by atoms with Gasteiger partial charge in [0.15, 0.2) is 0 Å². The fraction of sp³-hybridized carbons (Fsp3) is 0.294. The molecule has 20 heavy (non-hydrogen) atoms. The van der Waals surface area contributed by atoms with Gasteiger partial charge in [-0.05, 0) is 42.8 Å². The van der Waals surface area contributed by atoms with Crippen molar-refractivity contribution < 1.29 is 0 Å². The standard InChI is InChI=1S/C17H20N2S/c1-2-19-16-8-4-3-7-14(16)15(12-18)17(19)10-9-13-6-5-11-20-13/h3-8,11H,2,9-10,12,18H2,1H3. The number of benzene rings is 1. The summed E-state index contributed by atoms with van der Waals surface area (Å²) >= 11 is 1.84. The van der Waals surface area contributed by atoms with Crippen molar-refractivity contribution in [3.05, 3.63) is 57.9 Å². The van der Waals surface area contributed by atoms with Crippen LogP contribution in [0.3, 0.4) is 0 Å². The molecule has 3 aromatic rings. The Morgan fingerprint density at radius 1 is 1.10 bits per heavy atom. The van der Waals surface area contributed by atoms with E-state index in [0.717, 1.165) is 19.4 Å². The zero-order valence-electron chi connectivity index (χ0n) is 11.8. The highest BCUT2D eigenvalue weighted by molar-refractivity contribution is 7.09. The molecular weight excluding hydrogens is 264 g/mol. The summed E-state index contributed by atoms with van der Waals surface area (Å²) in [5.41, 5.74) is 10.1. The molecule has 0 saturated heterocycles. The summed E-state index contributed by atoms with van der Waals surface area (Å²) in [6.07, 6.45) is 2.16. The fourth-order valence-electron chi connectivity index (χ4n) is 3.00. The van der Waals surface area contributed by atoms with E-state index in [0.29, 0.717) is 6.54 Å². The van der Waals surface area contributed by atoms with E-state index in [9.17, 15) is 0 Å². The summed E-state index contributed by atoms with van der Waals surface area (Å²) in [6, 6.07) is 12.9. The minimum Gasteiger partial charge on any atom is -0.345 e. The molecule has 0 aliphatic heterocycles. The normalized spacial score (nSPS) is 11.3. The van der Waals surface area contributed by atoms with Gasteiger partial charge in [0.25, 0.3) is 0 Å². The van der Waals surface area contributed by atoms with Crippen molar-refractivity contribution in [3.8, 4) is 0 Å². The zero-order chi connectivity index (χ0) is 13.9. The maximum absolute atomic E-state index is 6.02. The number of nitrogens with two attached hydrogens (primary N) is 1. The monoisotopic (exact) mass is 284 g/mol. The van der Waals surface area contributed by atoms with Gasteiger partial charge in [0.2, 0.25) is 0 Å². The van der Waals surface area contributed by atoms with Gasteiger partial charge in [-0.2, -0.15) is 0 Å². The second-order valence-electron chi connectivity index (χ2n) is 4.97. The number of fused-ring (bicyclic) bond motifs is 1. The van der Waals surface area contributed by atoms with Crippen molar-refractivity contribution in [1.29, 1.82) is 0 Å². The molecular formula is C17H20N2S. The van der Waals surface area contributed by atoms with Crippen LogP contribution in [-0.2, 0) is 25.9 Å². The summed E-state index contributed by atoms with van der Waals surface area (Å²) in [5.74, 6) is 0. The maximum Gasteiger partial charge on any atom is 0.0485 e. The first-order chi connectivity index (χ1) is 9.85. The number of aryl methyl sites for hydroxylation is 2. The molecule has 0 aliphatic carbocycles. The lowest BCUT2D eigenvalue weighted by Gasteiger charge is -2.09. The van der Waals surface area contributed by atoms with Crippen LogP contribution < -0.4 is 5.73 Å². The van der Waals surface area contributed by atoms with Gasteiger partial charge < -0.3 is 10.3 Å². The van der Waals surface area contributed by atoms with E-state index in [-0.39, 0.29) is 0 Å². The Hall–Kier alpha value is -1.58. The van der Waals surface area contributed by atoms with E-state index in [2.05, 4.69) is 53.3 Å². The van der Waals surface area contributed by atoms with Gasteiger partial charge in [-0.3, -0.25) is 0 Å². The maximum atomic E-state index is 6.02. The van der Waals surface area contributed by atoms with E-state index in [1.165, 1.54) is 27.0 Å². The average molecular weight is 284 g/mol. The number of aromatic nitrogens is 1. The molecule has 0 saturated carbocycles. The van der Waals surface area contributed by atoms with Crippen LogP contribution in [0.5, 0.6) is 0 Å². The number of thiophene rings is 1. The van der Waals surface area contributed by atoms with Gasteiger partial charge >= 0.3 is 0 Å². The largest absolute Gasteiger partial charge is 0.345 e. The van der Waals surface area contributed by atoms with Crippen molar-refractivity contribution in [2.24, 2.45) is 5.73 Å². The molecule has 3 heteroatoms. The molecule has 2 nitrogen and oxygen atoms in total. The second kappa shape index (κ2) is 5.81. The number of hydrogen-bond donors (Lipinski definition) is 1. The van der Waals surface area contributed by atoms with Crippen LogP contribution in [0.25, 0.3) is 10.9 Å². The van der Waals surface area contributed by atoms with Gasteiger partial charge in [-0.25, -0.2) is 0 Å². The molecule has 0 fully saturated rings. The molecule has 0 unspecified atom stereocenters. The molecule has 104 valence electrons. The Morgan fingerprint density at radius 3 is 2.65 bits per heavy atom. The fourth-order valence-corrected chi connectivity index (χ4v) is 3.71. The number of nitrogens with zero attached hydrogens (tertiary/aromatic N) is 1. The highest BCUT2D eigenvalue weighted by Crippen LogP contribution is 2.27. The third kappa shape index (κ3) is 2.28. The van der Waals surface area contributed by atoms with Crippen LogP contribution in [-0.4, -0.2) is 4.57 Å². The first-order valence-corrected chi connectivity index (χ1v) is 8.04. The summed E-state index contributed by atoms with van der Waals surface area (Å²) in [7, 11) is 0. The van der Waals surface area contributed by atoms with Crippen LogP contribution in [0.2, 0.25) is 0 Å². The van der Waals surface area contributed by atoms with Crippen molar-refractivity contribution >= 4 is 22.2 Å². The van der Waals surface area contributed by atoms with E-state index in [4.69, 9.17) is 5.73 Å². The van der Waals surface area contributed by atoms with Crippen LogP contribution in [0, 0.1) is 0 Å². The minimum absolute atomic E-state index is 0.618. The van der Waals surface area contributed by atoms with Crippen LogP contribution in [0.15, 0.2) is 41.8 Å². The highest BCUT2D eigenvalue weighted by atomic mass is 32.1. The zero-order valence-corrected chi connectivity index (χ0v) is 12.6. The Kier molecular flexibility index (Phi) is 3.90. The number of para-hydroxylation sites is 1. The van der Waals surface area contributed by atoms with E-state index >= 15 is 0 Å². The second-order valence-corrected chi connectivity index (χ2v) is 6.00. The third-order valence-electron chi connectivity index (χ3n) is 3.90. The van der Waals surface area contributed by atoms with E-state index in [1.807, 2.05) is 11.3 Å². The molecule has 3 rings (SSSR count). The Balaban J connectivity index is 2.03. The van der Waals surface area contributed by atoms with Crippen LogP contribution in [0.1, 0.15) is 23.1 Å². The molecule has 2 aromatic heterocycles. The summed E-state index contributed by atoms with van der Waals surface area (Å²) in [6.45, 7) is 3.83. The van der Waals surface area contributed by atoms with Crippen LogP contribution >= 0.6 is 11.3 Å². The molecule has 0 atom stereocenters. The SMILES string of the molecule is CCn1c(CCc2cccs2)c(CN)c2ccccc21. The van der Waals surface area contributed by atoms with Gasteiger partial charge in [0, 0.05) is 34.6 Å². The predicted octanol–water partition coefficient (Wildman–Crippen LogP) is 3.97. The molecule has 2 heterocycles. The topological polar surface area (TPSA) is 30.9 Å². The van der Waals surface area contributed by atoms with Gasteiger partial charge in [0.05, 0.1) is 0 Å². The molecule has 2 N–H and O–H groups in total. The number of hydrogen-bond acceptors (Lipinski definition) is 2. The Bertz CT molecular complexity index is 654. The molecule has 0 spiro atoms. The Labute approximate surface area is 123 Å². The predicted molar refractivity (Wildman–Crippen MR) is 87.2 cm³/mol. The van der Waals surface area contributed by atoms with Crippen molar-refractivity contribution in [3.63, 3.8) is 0 Å². The lowest BCUT2D eigenvalue weighted by Crippen LogP contribution is -2.06.